The molecular weight excluding hydrogens is 355 g/mol. The number of carbonyl (C=O) groups is 1. The zero-order valence-electron chi connectivity index (χ0n) is 16.9. The number of aliphatic hydroxyl groups is 2. The molecule has 5 nitrogen and oxygen atoms in total. The van der Waals surface area contributed by atoms with E-state index < -0.39 is 24.6 Å². The predicted octanol–water partition coefficient (Wildman–Crippen LogP) is -0.624. The van der Waals surface area contributed by atoms with Crippen LogP contribution in [-0.4, -0.2) is 35.0 Å². The predicted molar refractivity (Wildman–Crippen MR) is 98.1 cm³/mol. The number of rotatable bonds is 8. The van der Waals surface area contributed by atoms with Crippen LogP contribution in [0.3, 0.4) is 0 Å². The van der Waals surface area contributed by atoms with Crippen LogP contribution in [-0.2, 0) is 4.79 Å². The molecule has 0 saturated heterocycles. The molecule has 1 aromatic rings. The third kappa shape index (κ3) is 8.12. The van der Waals surface area contributed by atoms with Gasteiger partial charge in [-0.1, -0.05) is 43.4 Å². The molecule has 27 heavy (non-hydrogen) atoms. The van der Waals surface area contributed by atoms with Gasteiger partial charge in [-0.3, -0.25) is 0 Å². The molecule has 1 fully saturated rings. The van der Waals surface area contributed by atoms with Gasteiger partial charge < -0.3 is 24.9 Å². The van der Waals surface area contributed by atoms with Crippen molar-refractivity contribution in [2.24, 2.45) is 0 Å². The Balaban J connectivity index is 0.00000364. The second kappa shape index (κ2) is 12.1. The van der Waals surface area contributed by atoms with Gasteiger partial charge in [-0.25, -0.2) is 0 Å². The Morgan fingerprint density at radius 2 is 1.78 bits per heavy atom. The van der Waals surface area contributed by atoms with Gasteiger partial charge in [0.2, 0.25) is 0 Å². The second-order valence-corrected chi connectivity index (χ2v) is 7.62. The fourth-order valence-electron chi connectivity index (χ4n) is 3.92. The summed E-state index contributed by atoms with van der Waals surface area (Å²) in [6.07, 6.45) is 4.78. The Labute approximate surface area is 184 Å². The van der Waals surface area contributed by atoms with Gasteiger partial charge in [-0.05, 0) is 43.7 Å². The van der Waals surface area contributed by atoms with E-state index in [1.807, 2.05) is 6.92 Å². The average Bonchev–Trinajstić information content (AvgIpc) is 2.81. The van der Waals surface area contributed by atoms with Crippen molar-refractivity contribution in [3.63, 3.8) is 0 Å². The molecule has 1 aliphatic rings. The molecular formula is C21H31NaO5. The normalized spacial score (nSPS) is 17.5. The molecule has 2 rings (SSSR count). The Kier molecular flexibility index (Phi) is 10.9. The number of carboxylic acids is 1. The van der Waals surface area contributed by atoms with Crippen molar-refractivity contribution in [1.29, 1.82) is 0 Å². The topological polar surface area (TPSA) is 89.8 Å². The van der Waals surface area contributed by atoms with Crippen LogP contribution in [0.1, 0.15) is 74.0 Å². The summed E-state index contributed by atoms with van der Waals surface area (Å²) in [4.78, 5) is 10.5. The van der Waals surface area contributed by atoms with Crippen LogP contribution in [0.5, 0.6) is 5.75 Å². The van der Waals surface area contributed by atoms with E-state index in [1.54, 1.807) is 0 Å². The van der Waals surface area contributed by atoms with Crippen molar-refractivity contribution >= 4 is 5.97 Å². The smallest absolute Gasteiger partial charge is 0.550 e. The first-order valence-electron chi connectivity index (χ1n) is 9.66. The van der Waals surface area contributed by atoms with Gasteiger partial charge in [0.15, 0.2) is 0 Å². The molecule has 1 aliphatic carbocycles. The molecule has 0 aromatic heterocycles. The number of aryl methyl sites for hydroxylation is 2. The van der Waals surface area contributed by atoms with Crippen molar-refractivity contribution in [3.8, 4) is 5.75 Å². The summed E-state index contributed by atoms with van der Waals surface area (Å²) in [5, 5.41) is 30.2. The standard InChI is InChI=1S/C21H32O5.Na/c1-14-9-15(2)21(19(10-14)16-7-5-3-4-6-8-16)26-13-18(23)11-17(22)12-20(24)25;/h9-10,16-18,22-23H,3-8,11-13H2,1-2H3,(H,24,25);/q;+1/p-1/t17-,18+;/m1./s1. The van der Waals surface area contributed by atoms with Crippen LogP contribution in [0.4, 0.5) is 0 Å². The fraction of sp³-hybridized carbons (Fsp3) is 0.667. The summed E-state index contributed by atoms with van der Waals surface area (Å²) in [6.45, 7) is 4.13. The maximum absolute atomic E-state index is 10.5. The summed E-state index contributed by atoms with van der Waals surface area (Å²) < 4.78 is 5.96. The van der Waals surface area contributed by atoms with Crippen LogP contribution in [0.15, 0.2) is 12.1 Å². The van der Waals surface area contributed by atoms with E-state index in [4.69, 9.17) is 4.74 Å². The molecule has 0 aliphatic heterocycles. The fourth-order valence-corrected chi connectivity index (χ4v) is 3.92. The van der Waals surface area contributed by atoms with Crippen molar-refractivity contribution in [1.82, 2.24) is 0 Å². The van der Waals surface area contributed by atoms with E-state index in [-0.39, 0.29) is 42.6 Å². The maximum Gasteiger partial charge on any atom is 1.00 e. The van der Waals surface area contributed by atoms with Crippen molar-refractivity contribution < 1.29 is 54.4 Å². The molecule has 0 spiro atoms. The van der Waals surface area contributed by atoms with E-state index in [2.05, 4.69) is 19.1 Å². The van der Waals surface area contributed by atoms with Crippen LogP contribution < -0.4 is 39.4 Å². The van der Waals surface area contributed by atoms with E-state index in [9.17, 15) is 20.1 Å². The zero-order chi connectivity index (χ0) is 19.1. The second-order valence-electron chi connectivity index (χ2n) is 7.62. The number of ether oxygens (including phenoxy) is 1. The van der Waals surface area contributed by atoms with Crippen LogP contribution in [0.2, 0.25) is 0 Å². The van der Waals surface area contributed by atoms with Gasteiger partial charge in [-0.2, -0.15) is 0 Å². The van der Waals surface area contributed by atoms with Gasteiger partial charge in [0, 0.05) is 18.8 Å². The first-order chi connectivity index (χ1) is 12.4. The summed E-state index contributed by atoms with van der Waals surface area (Å²) in [5.41, 5.74) is 3.47. The van der Waals surface area contributed by atoms with Gasteiger partial charge in [0.1, 0.15) is 12.4 Å². The molecule has 6 heteroatoms. The molecule has 2 atom stereocenters. The van der Waals surface area contributed by atoms with E-state index in [0.29, 0.717) is 5.92 Å². The minimum atomic E-state index is -1.32. The number of carboxylic acid groups (broad SMARTS) is 1. The number of benzene rings is 1. The average molecular weight is 386 g/mol. The van der Waals surface area contributed by atoms with Gasteiger partial charge >= 0.3 is 29.6 Å². The Morgan fingerprint density at radius 1 is 1.15 bits per heavy atom. The van der Waals surface area contributed by atoms with Crippen molar-refractivity contribution in [2.75, 3.05) is 6.61 Å². The molecule has 146 valence electrons. The van der Waals surface area contributed by atoms with E-state index in [1.165, 1.54) is 36.8 Å². The molecule has 1 saturated carbocycles. The molecule has 0 radical (unpaired) electrons. The first kappa shape index (κ1) is 24.4. The Bertz CT molecular complexity index is 596. The minimum Gasteiger partial charge on any atom is -0.550 e. The monoisotopic (exact) mass is 386 g/mol. The minimum absolute atomic E-state index is 0. The Morgan fingerprint density at radius 3 is 2.37 bits per heavy atom. The SMILES string of the molecule is Cc1cc(C)c(OC[C@@H](O)C[C@@H](O)CC(=O)[O-])c(C2CCCCCC2)c1.[Na+]. The third-order valence-electron chi connectivity index (χ3n) is 5.11. The number of hydrogen-bond donors (Lipinski definition) is 2. The summed E-state index contributed by atoms with van der Waals surface area (Å²) in [7, 11) is 0. The quantitative estimate of drug-likeness (QED) is 0.459. The summed E-state index contributed by atoms with van der Waals surface area (Å²) in [5.74, 6) is -0.0153. The van der Waals surface area contributed by atoms with Gasteiger partial charge in [0.05, 0.1) is 12.2 Å². The summed E-state index contributed by atoms with van der Waals surface area (Å²) >= 11 is 0. The van der Waals surface area contributed by atoms with Crippen LogP contribution in [0.25, 0.3) is 0 Å². The molecule has 0 heterocycles. The zero-order valence-corrected chi connectivity index (χ0v) is 18.9. The van der Waals surface area contributed by atoms with Gasteiger partial charge in [-0.15, -0.1) is 0 Å². The maximum atomic E-state index is 10.5. The van der Waals surface area contributed by atoms with Gasteiger partial charge in [0.25, 0.3) is 0 Å². The first-order valence-corrected chi connectivity index (χ1v) is 9.66. The van der Waals surface area contributed by atoms with Crippen LogP contribution >= 0.6 is 0 Å². The molecule has 0 amide bonds. The van der Waals surface area contributed by atoms with Crippen LogP contribution in [0, 0.1) is 13.8 Å². The molecule has 1 aromatic carbocycles. The van der Waals surface area contributed by atoms with E-state index in [0.717, 1.165) is 24.2 Å². The summed E-state index contributed by atoms with van der Waals surface area (Å²) in [6, 6.07) is 4.27. The number of aliphatic carboxylic acids is 1. The molecule has 0 bridgehead atoms. The number of aliphatic hydroxyl groups excluding tert-OH is 2. The van der Waals surface area contributed by atoms with E-state index >= 15 is 0 Å². The third-order valence-corrected chi connectivity index (χ3v) is 5.11. The van der Waals surface area contributed by atoms with Crippen molar-refractivity contribution in [2.45, 2.75) is 83.3 Å². The number of carbonyl (C=O) groups excluding carboxylic acids is 1. The Hall–Kier alpha value is -0.590. The number of hydrogen-bond acceptors (Lipinski definition) is 5. The molecule has 0 unspecified atom stereocenters. The van der Waals surface area contributed by atoms with Crippen molar-refractivity contribution in [3.05, 3.63) is 28.8 Å². The largest absolute Gasteiger partial charge is 1.00 e. The molecule has 2 N–H and O–H groups in total.